The average molecular weight is 416 g/mol. The number of aliphatic hydroxyl groups is 1. The van der Waals surface area contributed by atoms with Crippen LogP contribution >= 0.6 is 0 Å². The molecule has 0 radical (unpaired) electrons. The molecule has 27 heavy (non-hydrogen) atoms. The number of carbonyl (C=O) groups excluding carboxylic acids is 1. The van der Waals surface area contributed by atoms with E-state index in [1.165, 1.54) is 0 Å². The quantitative estimate of drug-likeness (QED) is 0.489. The first-order valence-corrected chi connectivity index (χ1v) is 10.7. The molecule has 2 N–H and O–H groups in total. The van der Waals surface area contributed by atoms with Gasteiger partial charge in [-0.05, 0) is 57.3 Å². The van der Waals surface area contributed by atoms with Crippen molar-refractivity contribution in [3.63, 3.8) is 0 Å². The molecule has 0 heterocycles. The van der Waals surface area contributed by atoms with Crippen LogP contribution in [0, 0.1) is 17.8 Å². The molecule has 2 saturated carbocycles. The van der Waals surface area contributed by atoms with Crippen molar-refractivity contribution in [2.75, 3.05) is 6.61 Å². The van der Waals surface area contributed by atoms with Crippen LogP contribution in [0.15, 0.2) is 0 Å². The highest BCUT2D eigenvalue weighted by atomic mass is 32.2. The fourth-order valence-corrected chi connectivity index (χ4v) is 4.83. The van der Waals surface area contributed by atoms with E-state index >= 15 is 0 Å². The highest BCUT2D eigenvalue weighted by molar-refractivity contribution is 7.86. The molecule has 3 atom stereocenters. The van der Waals surface area contributed by atoms with Crippen LogP contribution < -0.4 is 0 Å². The highest BCUT2D eigenvalue weighted by Gasteiger charge is 2.52. The maximum Gasteiger partial charge on any atom is 0.400 e. The monoisotopic (exact) mass is 416 g/mol. The summed E-state index contributed by atoms with van der Waals surface area (Å²) < 4.78 is 73.6. The van der Waals surface area contributed by atoms with Crippen LogP contribution in [0.25, 0.3) is 0 Å². The molecular formula is C17H27F3O6S. The lowest BCUT2D eigenvalue weighted by Gasteiger charge is -2.37. The minimum atomic E-state index is -5.87. The van der Waals surface area contributed by atoms with Crippen molar-refractivity contribution < 1.29 is 40.8 Å². The van der Waals surface area contributed by atoms with E-state index in [1.54, 1.807) is 0 Å². The summed E-state index contributed by atoms with van der Waals surface area (Å²) >= 11 is 0. The van der Waals surface area contributed by atoms with E-state index < -0.39 is 52.1 Å². The Hall–Kier alpha value is -0.870. The van der Waals surface area contributed by atoms with E-state index in [1.807, 2.05) is 6.92 Å². The lowest BCUT2D eigenvalue weighted by Crippen LogP contribution is -2.39. The number of ether oxygens (including phenoxy) is 1. The zero-order valence-corrected chi connectivity index (χ0v) is 16.1. The molecule has 0 bridgehead atoms. The van der Waals surface area contributed by atoms with Crippen molar-refractivity contribution in [2.24, 2.45) is 17.8 Å². The third-order valence-electron chi connectivity index (χ3n) is 6.00. The summed E-state index contributed by atoms with van der Waals surface area (Å²) in [5, 5.41) is 5.49. The van der Waals surface area contributed by atoms with E-state index in [4.69, 9.17) is 9.29 Å². The molecule has 2 fully saturated rings. The predicted molar refractivity (Wildman–Crippen MR) is 90.4 cm³/mol. The molecule has 0 spiro atoms. The van der Waals surface area contributed by atoms with Crippen LogP contribution in [-0.4, -0.2) is 47.7 Å². The van der Waals surface area contributed by atoms with Gasteiger partial charge in [-0.2, -0.15) is 17.2 Å². The van der Waals surface area contributed by atoms with Crippen molar-refractivity contribution in [1.82, 2.24) is 0 Å². The van der Waals surface area contributed by atoms with Crippen LogP contribution in [-0.2, 0) is 19.6 Å². The summed E-state index contributed by atoms with van der Waals surface area (Å²) in [6.07, 6.45) is 1.15. The fraction of sp³-hybridized carbons (Fsp3) is 0.941. The van der Waals surface area contributed by atoms with Gasteiger partial charge in [-0.15, -0.1) is 0 Å². The minimum absolute atomic E-state index is 0.212. The van der Waals surface area contributed by atoms with Crippen molar-refractivity contribution in [1.29, 1.82) is 0 Å². The van der Waals surface area contributed by atoms with Crippen molar-refractivity contribution >= 4 is 16.1 Å². The molecule has 0 aromatic heterocycles. The number of alkyl halides is 3. The SMILES string of the molecule is CC1(O)CCCC1C1CCC(C(=O)OCCC(F)C(F)(F)S(=O)(=O)O)CC1. The van der Waals surface area contributed by atoms with Gasteiger partial charge in [-0.25, -0.2) is 4.39 Å². The summed E-state index contributed by atoms with van der Waals surface area (Å²) in [6, 6.07) is 0. The Bertz CT molecular complexity index is 629. The van der Waals surface area contributed by atoms with Gasteiger partial charge in [0.05, 0.1) is 18.1 Å². The molecule has 10 heteroatoms. The summed E-state index contributed by atoms with van der Waals surface area (Å²) in [5.41, 5.74) is -0.674. The van der Waals surface area contributed by atoms with Gasteiger partial charge in [0, 0.05) is 6.42 Å². The Labute approximate surface area is 157 Å². The smallest absolute Gasteiger partial charge is 0.400 e. The highest BCUT2D eigenvalue weighted by Crippen LogP contribution is 2.46. The molecule has 0 aromatic carbocycles. The second-order valence-electron chi connectivity index (χ2n) is 7.93. The van der Waals surface area contributed by atoms with Crippen LogP contribution in [0.1, 0.15) is 58.3 Å². The molecule has 6 nitrogen and oxygen atoms in total. The van der Waals surface area contributed by atoms with E-state index in [-0.39, 0.29) is 5.92 Å². The van der Waals surface area contributed by atoms with Crippen molar-refractivity contribution in [3.8, 4) is 0 Å². The van der Waals surface area contributed by atoms with Gasteiger partial charge in [-0.1, -0.05) is 6.42 Å². The maximum absolute atomic E-state index is 13.4. The van der Waals surface area contributed by atoms with E-state index in [0.29, 0.717) is 18.8 Å². The zero-order valence-electron chi connectivity index (χ0n) is 15.2. The Morgan fingerprint density at radius 1 is 1.26 bits per heavy atom. The van der Waals surface area contributed by atoms with Gasteiger partial charge < -0.3 is 9.84 Å². The Kier molecular flexibility index (Phi) is 6.85. The third kappa shape index (κ3) is 5.14. The van der Waals surface area contributed by atoms with Crippen LogP contribution in [0.5, 0.6) is 0 Å². The zero-order chi connectivity index (χ0) is 20.5. The Balaban J connectivity index is 1.75. The number of halogens is 3. The summed E-state index contributed by atoms with van der Waals surface area (Å²) in [7, 11) is -5.87. The lowest BCUT2D eigenvalue weighted by molar-refractivity contribution is -0.151. The summed E-state index contributed by atoms with van der Waals surface area (Å²) in [5.74, 6) is -0.485. The number of carbonyl (C=O) groups is 1. The van der Waals surface area contributed by atoms with Gasteiger partial charge in [0.15, 0.2) is 6.17 Å². The number of rotatable bonds is 7. The van der Waals surface area contributed by atoms with Gasteiger partial charge >= 0.3 is 21.3 Å². The predicted octanol–water partition coefficient (Wildman–Crippen LogP) is 3.10. The molecule has 0 amide bonds. The number of esters is 1. The second kappa shape index (κ2) is 8.24. The van der Waals surface area contributed by atoms with Crippen LogP contribution in [0.3, 0.4) is 0 Å². The second-order valence-corrected chi connectivity index (χ2v) is 9.42. The van der Waals surface area contributed by atoms with E-state index in [9.17, 15) is 31.5 Å². The van der Waals surface area contributed by atoms with E-state index in [2.05, 4.69) is 0 Å². The van der Waals surface area contributed by atoms with Crippen LogP contribution in [0.2, 0.25) is 0 Å². The first-order chi connectivity index (χ1) is 12.4. The first kappa shape index (κ1) is 22.4. The number of hydrogen-bond acceptors (Lipinski definition) is 5. The van der Waals surface area contributed by atoms with Gasteiger partial charge in [0.25, 0.3) is 0 Å². The Morgan fingerprint density at radius 2 is 1.85 bits per heavy atom. The fourth-order valence-electron chi connectivity index (χ4n) is 4.39. The molecule has 158 valence electrons. The van der Waals surface area contributed by atoms with E-state index in [0.717, 1.165) is 32.1 Å². The third-order valence-corrected chi connectivity index (χ3v) is 6.94. The van der Waals surface area contributed by atoms with Crippen molar-refractivity contribution in [3.05, 3.63) is 0 Å². The molecule has 3 unspecified atom stereocenters. The summed E-state index contributed by atoms with van der Waals surface area (Å²) in [4.78, 5) is 12.0. The average Bonchev–Trinajstić information content (AvgIpc) is 2.92. The molecular weight excluding hydrogens is 389 g/mol. The van der Waals surface area contributed by atoms with Crippen molar-refractivity contribution in [2.45, 2.75) is 75.3 Å². The topological polar surface area (TPSA) is 101 Å². The standard InChI is InChI=1S/C17H27F3O6S/c1-16(22)9-2-3-13(16)11-4-6-12(7-5-11)15(21)26-10-8-14(18)17(19,20)27(23,24)25/h11-14,22H,2-10H2,1H3,(H,23,24,25). The minimum Gasteiger partial charge on any atom is -0.465 e. The van der Waals surface area contributed by atoms with Crippen LogP contribution in [0.4, 0.5) is 13.2 Å². The van der Waals surface area contributed by atoms with Gasteiger partial charge in [0.2, 0.25) is 0 Å². The molecule has 2 aliphatic carbocycles. The van der Waals surface area contributed by atoms with Gasteiger partial charge in [0.1, 0.15) is 0 Å². The molecule has 2 rings (SSSR count). The maximum atomic E-state index is 13.4. The molecule has 0 saturated heterocycles. The Morgan fingerprint density at radius 3 is 2.33 bits per heavy atom. The summed E-state index contributed by atoms with van der Waals surface area (Å²) in [6.45, 7) is 1.16. The number of hydrogen-bond donors (Lipinski definition) is 2. The largest absolute Gasteiger partial charge is 0.465 e. The molecule has 0 aliphatic heterocycles. The normalized spacial score (nSPS) is 33.6. The van der Waals surface area contributed by atoms with Gasteiger partial charge in [-0.3, -0.25) is 9.35 Å². The lowest BCUT2D eigenvalue weighted by atomic mass is 9.71. The molecule has 0 aromatic rings. The first-order valence-electron chi connectivity index (χ1n) is 9.24. The molecule has 2 aliphatic rings.